The van der Waals surface area contributed by atoms with Gasteiger partial charge in [-0.25, -0.2) is 0 Å². The number of furan rings is 1. The minimum absolute atomic E-state index is 0.0225. The number of ether oxygens (including phenoxy) is 1. The summed E-state index contributed by atoms with van der Waals surface area (Å²) in [5, 5.41) is 11.4. The van der Waals surface area contributed by atoms with Crippen LogP contribution < -0.4 is 0 Å². The molecule has 0 aliphatic carbocycles. The van der Waals surface area contributed by atoms with Crippen LogP contribution in [0.3, 0.4) is 0 Å². The van der Waals surface area contributed by atoms with E-state index in [1.54, 1.807) is 36.4 Å². The fraction of sp³-hybridized carbons (Fsp3) is 0.333. The molecule has 0 unspecified atom stereocenters. The maximum Gasteiger partial charge on any atom is 0.295 e. The highest BCUT2D eigenvalue weighted by Crippen LogP contribution is 2.39. The van der Waals surface area contributed by atoms with Crippen LogP contribution in [0, 0.1) is 0 Å². The minimum Gasteiger partial charge on any atom is -0.507 e. The molecule has 1 aromatic carbocycles. The van der Waals surface area contributed by atoms with Gasteiger partial charge in [0, 0.05) is 36.8 Å². The van der Waals surface area contributed by atoms with Gasteiger partial charge in [-0.1, -0.05) is 11.6 Å². The number of amides is 1. The Kier molecular flexibility index (Phi) is 5.71. The van der Waals surface area contributed by atoms with Crippen molar-refractivity contribution < 1.29 is 23.8 Å². The van der Waals surface area contributed by atoms with E-state index in [9.17, 15) is 14.7 Å². The summed E-state index contributed by atoms with van der Waals surface area (Å²) in [6, 6.07) is 9.07. The second kappa shape index (κ2) is 8.41. The zero-order valence-electron chi connectivity index (χ0n) is 15.7. The zero-order chi connectivity index (χ0) is 20.4. The summed E-state index contributed by atoms with van der Waals surface area (Å²) in [7, 11) is 0. The molecule has 2 aliphatic heterocycles. The number of hydrogen-bond donors (Lipinski definition) is 1. The standard InChI is InChI=1S/C21H21ClN2O5/c22-15-5-3-14(4-6-15)19(25)17-18(16-2-1-11-29-16)24(21(27)20(17)26)8-7-23-9-12-28-13-10-23/h1-6,11,18,25H,7-10,12-13H2/b19-17+/t18-/m1/s1. The number of benzene rings is 1. The Hall–Kier alpha value is -2.61. The fourth-order valence-electron chi connectivity index (χ4n) is 3.69. The third-order valence-corrected chi connectivity index (χ3v) is 5.48. The Bertz CT molecular complexity index is 917. The van der Waals surface area contributed by atoms with E-state index in [1.807, 2.05) is 0 Å². The van der Waals surface area contributed by atoms with E-state index in [-0.39, 0.29) is 11.3 Å². The topological polar surface area (TPSA) is 83.2 Å². The molecular formula is C21H21ClN2O5. The Balaban J connectivity index is 1.68. The SMILES string of the molecule is O=C1C(=O)N(CCN2CCOCC2)[C@H](c2ccco2)/C1=C(\O)c1ccc(Cl)cc1. The van der Waals surface area contributed by atoms with Gasteiger partial charge in [0.2, 0.25) is 0 Å². The fourth-order valence-corrected chi connectivity index (χ4v) is 3.82. The number of morpholine rings is 1. The lowest BCUT2D eigenvalue weighted by Crippen LogP contribution is -2.42. The van der Waals surface area contributed by atoms with Crippen molar-refractivity contribution >= 4 is 29.1 Å². The highest BCUT2D eigenvalue weighted by atomic mass is 35.5. The van der Waals surface area contributed by atoms with Crippen LogP contribution in [0.1, 0.15) is 17.4 Å². The normalized spacial score (nSPS) is 22.4. The van der Waals surface area contributed by atoms with Gasteiger partial charge in [0.15, 0.2) is 0 Å². The lowest BCUT2D eigenvalue weighted by molar-refractivity contribution is -0.140. The third kappa shape index (κ3) is 3.94. The van der Waals surface area contributed by atoms with Crippen molar-refractivity contribution in [3.05, 3.63) is 64.6 Å². The summed E-state index contributed by atoms with van der Waals surface area (Å²) < 4.78 is 10.9. The van der Waals surface area contributed by atoms with Gasteiger partial charge in [0.05, 0.1) is 25.1 Å². The van der Waals surface area contributed by atoms with Crippen LogP contribution in [-0.4, -0.2) is 66.0 Å². The average molecular weight is 417 g/mol. The molecule has 2 aromatic rings. The van der Waals surface area contributed by atoms with Crippen LogP contribution in [0.2, 0.25) is 5.02 Å². The van der Waals surface area contributed by atoms with Gasteiger partial charge in [-0.05, 0) is 36.4 Å². The summed E-state index contributed by atoms with van der Waals surface area (Å²) in [5.74, 6) is -1.17. The van der Waals surface area contributed by atoms with Crippen LogP contribution in [0.4, 0.5) is 0 Å². The van der Waals surface area contributed by atoms with Crippen molar-refractivity contribution in [1.29, 1.82) is 0 Å². The highest BCUT2D eigenvalue weighted by Gasteiger charge is 2.47. The van der Waals surface area contributed by atoms with E-state index in [0.717, 1.165) is 13.1 Å². The van der Waals surface area contributed by atoms with Crippen LogP contribution in [0.5, 0.6) is 0 Å². The predicted molar refractivity (Wildman–Crippen MR) is 106 cm³/mol. The van der Waals surface area contributed by atoms with Gasteiger partial charge < -0.3 is 19.2 Å². The van der Waals surface area contributed by atoms with Crippen molar-refractivity contribution in [2.45, 2.75) is 6.04 Å². The Morgan fingerprint density at radius 3 is 2.48 bits per heavy atom. The number of likely N-dealkylation sites (tertiary alicyclic amines) is 1. The molecular weight excluding hydrogens is 396 g/mol. The lowest BCUT2D eigenvalue weighted by Gasteiger charge is -2.30. The number of carbonyl (C=O) groups excluding carboxylic acids is 2. The number of aliphatic hydroxyl groups is 1. The van der Waals surface area contributed by atoms with Crippen molar-refractivity contribution in [1.82, 2.24) is 9.80 Å². The molecule has 0 spiro atoms. The first-order valence-electron chi connectivity index (χ1n) is 9.44. The van der Waals surface area contributed by atoms with E-state index in [0.29, 0.717) is 42.6 Å². The number of rotatable bonds is 5. The third-order valence-electron chi connectivity index (χ3n) is 5.23. The zero-order valence-corrected chi connectivity index (χ0v) is 16.5. The predicted octanol–water partition coefficient (Wildman–Crippen LogP) is 2.69. The van der Waals surface area contributed by atoms with E-state index < -0.39 is 17.7 Å². The van der Waals surface area contributed by atoms with Crippen molar-refractivity contribution in [2.24, 2.45) is 0 Å². The van der Waals surface area contributed by atoms with Crippen LogP contribution in [0.25, 0.3) is 5.76 Å². The number of nitrogens with zero attached hydrogens (tertiary/aromatic N) is 2. The molecule has 1 atom stereocenters. The van der Waals surface area contributed by atoms with Crippen molar-refractivity contribution in [3.63, 3.8) is 0 Å². The van der Waals surface area contributed by atoms with Gasteiger partial charge in [-0.2, -0.15) is 0 Å². The first-order chi connectivity index (χ1) is 14.1. The smallest absolute Gasteiger partial charge is 0.295 e. The number of hydrogen-bond acceptors (Lipinski definition) is 6. The molecule has 0 saturated carbocycles. The maximum absolute atomic E-state index is 12.8. The molecule has 1 N–H and O–H groups in total. The first-order valence-corrected chi connectivity index (χ1v) is 9.82. The molecule has 4 rings (SSSR count). The van der Waals surface area contributed by atoms with E-state index in [2.05, 4.69) is 4.90 Å². The van der Waals surface area contributed by atoms with Gasteiger partial charge in [0.1, 0.15) is 17.6 Å². The molecule has 1 aromatic heterocycles. The molecule has 0 bridgehead atoms. The number of carbonyl (C=O) groups is 2. The Morgan fingerprint density at radius 2 is 1.83 bits per heavy atom. The van der Waals surface area contributed by atoms with Crippen LogP contribution >= 0.6 is 11.6 Å². The summed E-state index contributed by atoms with van der Waals surface area (Å²) in [5.41, 5.74) is 0.436. The average Bonchev–Trinajstić information content (AvgIpc) is 3.35. The van der Waals surface area contributed by atoms with Crippen molar-refractivity contribution in [3.8, 4) is 0 Å². The van der Waals surface area contributed by atoms with Gasteiger partial charge in [-0.3, -0.25) is 14.5 Å². The first kappa shape index (κ1) is 19.7. The molecule has 2 fully saturated rings. The second-order valence-electron chi connectivity index (χ2n) is 6.97. The molecule has 2 saturated heterocycles. The van der Waals surface area contributed by atoms with Gasteiger partial charge in [0.25, 0.3) is 11.7 Å². The van der Waals surface area contributed by atoms with E-state index in [1.165, 1.54) is 11.2 Å². The van der Waals surface area contributed by atoms with Crippen LogP contribution in [0.15, 0.2) is 52.7 Å². The monoisotopic (exact) mass is 416 g/mol. The summed E-state index contributed by atoms with van der Waals surface area (Å²) in [6.45, 7) is 3.80. The molecule has 29 heavy (non-hydrogen) atoms. The summed E-state index contributed by atoms with van der Waals surface area (Å²) in [4.78, 5) is 29.3. The molecule has 152 valence electrons. The van der Waals surface area contributed by atoms with Gasteiger partial charge >= 0.3 is 0 Å². The maximum atomic E-state index is 12.8. The Morgan fingerprint density at radius 1 is 1.10 bits per heavy atom. The number of ketones is 1. The van der Waals surface area contributed by atoms with E-state index in [4.69, 9.17) is 20.8 Å². The van der Waals surface area contributed by atoms with E-state index >= 15 is 0 Å². The summed E-state index contributed by atoms with van der Waals surface area (Å²) in [6.07, 6.45) is 1.49. The number of Topliss-reactive ketones (excluding diaryl/α,β-unsaturated/α-hetero) is 1. The molecule has 8 heteroatoms. The van der Waals surface area contributed by atoms with Crippen molar-refractivity contribution in [2.75, 3.05) is 39.4 Å². The second-order valence-corrected chi connectivity index (χ2v) is 7.41. The molecule has 1 amide bonds. The summed E-state index contributed by atoms with van der Waals surface area (Å²) >= 11 is 5.92. The number of aliphatic hydroxyl groups excluding tert-OH is 1. The Labute approximate surface area is 173 Å². The lowest BCUT2D eigenvalue weighted by atomic mass is 9.99. The molecule has 0 radical (unpaired) electrons. The van der Waals surface area contributed by atoms with Crippen LogP contribution in [-0.2, 0) is 14.3 Å². The largest absolute Gasteiger partial charge is 0.507 e. The van der Waals surface area contributed by atoms with Gasteiger partial charge in [-0.15, -0.1) is 0 Å². The number of halogens is 1. The molecule has 2 aliphatic rings. The molecule has 7 nitrogen and oxygen atoms in total. The molecule has 3 heterocycles. The quantitative estimate of drug-likeness (QED) is 0.458. The minimum atomic E-state index is -0.776. The highest BCUT2D eigenvalue weighted by molar-refractivity contribution is 6.46.